The fourth-order valence-corrected chi connectivity index (χ4v) is 17.3. The highest BCUT2D eigenvalue weighted by atomic mass is 16.7. The highest BCUT2D eigenvalue weighted by Crippen LogP contribution is 2.61. The lowest BCUT2D eigenvalue weighted by Gasteiger charge is -2.48. The molecule has 4 aliphatic heterocycles. The second-order valence-electron chi connectivity index (χ2n) is 21.4. The molecule has 0 radical (unpaired) electrons. The van der Waals surface area contributed by atoms with Crippen molar-refractivity contribution in [2.45, 2.75) is 216 Å². The van der Waals surface area contributed by atoms with Crippen LogP contribution < -0.4 is 21.6 Å². The molecule has 10 atom stereocenters. The van der Waals surface area contributed by atoms with Crippen LogP contribution in [-0.4, -0.2) is 71.8 Å². The highest BCUT2D eigenvalue weighted by Gasteiger charge is 2.63. The molecule has 0 bridgehead atoms. The maximum absolute atomic E-state index is 5.79. The van der Waals surface area contributed by atoms with E-state index in [0.29, 0.717) is 11.8 Å². The van der Waals surface area contributed by atoms with Gasteiger partial charge in [0.05, 0.1) is 13.3 Å². The molecule has 0 aromatic heterocycles. The normalized spacial score (nSPS) is 53.1. The molecule has 8 heteroatoms. The molecule has 11 aliphatic rings. The van der Waals surface area contributed by atoms with E-state index in [9.17, 15) is 0 Å². The Morgan fingerprint density at radius 3 is 1.06 bits per heavy atom. The molecule has 11 rings (SSSR count). The molecule has 304 valence electrons. The summed E-state index contributed by atoms with van der Waals surface area (Å²) in [6, 6.07) is 5.45. The molecule has 0 aromatic rings. The van der Waals surface area contributed by atoms with Gasteiger partial charge in [-0.2, -0.15) is 11.0 Å². The monoisotopic (exact) mass is 747 g/mol. The zero-order chi connectivity index (χ0) is 35.6. The molecule has 0 aromatic carbocycles. The third-order valence-corrected chi connectivity index (χ3v) is 19.5. The maximum Gasteiger partial charge on any atom is 0.133 e. The van der Waals surface area contributed by atoms with E-state index >= 15 is 0 Å². The summed E-state index contributed by atoms with van der Waals surface area (Å²) in [5, 5.41) is 7.05. The van der Waals surface area contributed by atoms with Crippen molar-refractivity contribution in [3.05, 3.63) is 0 Å². The van der Waals surface area contributed by atoms with Gasteiger partial charge in [0.2, 0.25) is 0 Å². The van der Waals surface area contributed by atoms with E-state index in [0.717, 1.165) is 96.9 Å². The summed E-state index contributed by atoms with van der Waals surface area (Å²) >= 11 is 0. The van der Waals surface area contributed by atoms with E-state index in [1.807, 2.05) is 0 Å². The SMILES string of the molecule is C1CCC2C(C1)C1C3C4CCCCC4N(C4CCC(C5CCC(C6NCNO6)CC5)CC4)C3CCC1N2C1CCC(C2CCC(C3NCNO3)CC2)CC1. The largest absolute Gasteiger partial charge is 0.294 e. The standard InChI is InChI=1S/C46H78N6O2/c1-3-7-39-37(5-1)43-41(51(39)35-21-17-31(18-22-35)29-9-13-33(14-10-29)45-47-27-49-53-45)25-26-42-44(43)38-6-2-4-8-40(38)52(42)36-23-19-32(20-24-36)30-11-15-34(16-12-30)46-48-28-50-54-46/h29-50H,1-28H2. The zero-order valence-electron chi connectivity index (χ0n) is 33.9. The van der Waals surface area contributed by atoms with E-state index in [1.165, 1.54) is 154 Å². The first-order chi connectivity index (χ1) is 26.8. The molecule has 8 nitrogen and oxygen atoms in total. The number of nitrogens with one attached hydrogen (secondary N) is 4. The first-order valence-electron chi connectivity index (χ1n) is 24.6. The Hall–Kier alpha value is -0.320. The Kier molecular flexibility index (Phi) is 10.9. The fraction of sp³-hybridized carbons (Fsp3) is 1.00. The fourth-order valence-electron chi connectivity index (χ4n) is 17.3. The molecule has 7 saturated carbocycles. The van der Waals surface area contributed by atoms with Gasteiger partial charge in [0.25, 0.3) is 0 Å². The molecule has 4 N–H and O–H groups in total. The first kappa shape index (κ1) is 36.7. The molecule has 4 saturated heterocycles. The van der Waals surface area contributed by atoms with Crippen molar-refractivity contribution in [1.29, 1.82) is 0 Å². The number of rotatable bonds is 6. The Balaban J connectivity index is 0.744. The second-order valence-corrected chi connectivity index (χ2v) is 21.4. The van der Waals surface area contributed by atoms with Gasteiger partial charge in [-0.25, -0.2) is 0 Å². The Morgan fingerprint density at radius 2 is 0.685 bits per heavy atom. The van der Waals surface area contributed by atoms with Gasteiger partial charge in [0.15, 0.2) is 0 Å². The quantitative estimate of drug-likeness (QED) is 0.218. The molecule has 10 unspecified atom stereocenters. The van der Waals surface area contributed by atoms with Crippen molar-refractivity contribution < 1.29 is 9.68 Å². The van der Waals surface area contributed by atoms with Crippen LogP contribution in [0.4, 0.5) is 0 Å². The van der Waals surface area contributed by atoms with Crippen molar-refractivity contribution in [2.24, 2.45) is 59.2 Å². The lowest BCUT2D eigenvalue weighted by Crippen LogP contribution is -2.53. The van der Waals surface area contributed by atoms with E-state index in [1.54, 1.807) is 12.8 Å². The number of nitrogens with zero attached hydrogens (tertiary/aromatic N) is 2. The topological polar surface area (TPSA) is 73.1 Å². The van der Waals surface area contributed by atoms with Gasteiger partial charge < -0.3 is 0 Å². The molecule has 7 aliphatic carbocycles. The van der Waals surface area contributed by atoms with Crippen LogP contribution in [-0.2, 0) is 9.68 Å². The number of hydrogen-bond acceptors (Lipinski definition) is 8. The van der Waals surface area contributed by atoms with Gasteiger partial charge in [-0.15, -0.1) is 0 Å². The average molecular weight is 747 g/mol. The lowest BCUT2D eigenvalue weighted by molar-refractivity contribution is -0.0273. The summed E-state index contributed by atoms with van der Waals surface area (Å²) < 4.78 is 0. The smallest absolute Gasteiger partial charge is 0.133 e. The number of likely N-dealkylation sites (tertiary alicyclic amines) is 2. The highest BCUT2D eigenvalue weighted by molar-refractivity contribution is 5.16. The van der Waals surface area contributed by atoms with Crippen LogP contribution in [0.5, 0.6) is 0 Å². The van der Waals surface area contributed by atoms with E-state index in [2.05, 4.69) is 31.4 Å². The summed E-state index contributed by atoms with van der Waals surface area (Å²) in [6.45, 7) is 1.62. The minimum absolute atomic E-state index is 0.253. The van der Waals surface area contributed by atoms with Crippen molar-refractivity contribution >= 4 is 0 Å². The third-order valence-electron chi connectivity index (χ3n) is 19.5. The molecular weight excluding hydrogens is 669 g/mol. The van der Waals surface area contributed by atoms with E-state index < -0.39 is 0 Å². The number of hydroxylamine groups is 2. The zero-order valence-corrected chi connectivity index (χ0v) is 33.9. The van der Waals surface area contributed by atoms with Gasteiger partial charge in [-0.05, 0) is 189 Å². The van der Waals surface area contributed by atoms with E-state index in [4.69, 9.17) is 9.68 Å². The van der Waals surface area contributed by atoms with Crippen LogP contribution in [0.1, 0.15) is 167 Å². The van der Waals surface area contributed by atoms with Crippen LogP contribution in [0.15, 0.2) is 0 Å². The minimum atomic E-state index is 0.253. The van der Waals surface area contributed by atoms with Crippen molar-refractivity contribution in [3.8, 4) is 0 Å². The summed E-state index contributed by atoms with van der Waals surface area (Å²) in [5.74, 6) is 9.41. The molecule has 54 heavy (non-hydrogen) atoms. The Bertz CT molecular complexity index is 1130. The van der Waals surface area contributed by atoms with Gasteiger partial charge in [-0.3, -0.25) is 30.1 Å². The summed E-state index contributed by atoms with van der Waals surface area (Å²) in [5.41, 5.74) is 6.11. The van der Waals surface area contributed by atoms with Crippen LogP contribution >= 0.6 is 0 Å². The second kappa shape index (κ2) is 16.0. The molecule has 4 heterocycles. The Labute approximate surface area is 328 Å². The van der Waals surface area contributed by atoms with Gasteiger partial charge in [0.1, 0.15) is 12.5 Å². The summed E-state index contributed by atoms with van der Waals surface area (Å²) in [7, 11) is 0. The van der Waals surface area contributed by atoms with Crippen LogP contribution in [0, 0.1) is 59.2 Å². The van der Waals surface area contributed by atoms with Crippen molar-refractivity contribution in [3.63, 3.8) is 0 Å². The van der Waals surface area contributed by atoms with Crippen LogP contribution in [0.25, 0.3) is 0 Å². The lowest BCUT2D eigenvalue weighted by atomic mass is 9.61. The van der Waals surface area contributed by atoms with E-state index in [-0.39, 0.29) is 12.5 Å². The third kappa shape index (κ3) is 6.71. The Morgan fingerprint density at radius 1 is 0.333 bits per heavy atom. The molecular formula is C46H78N6O2. The average Bonchev–Trinajstić information content (AvgIpc) is 4.07. The van der Waals surface area contributed by atoms with Gasteiger partial charge >= 0.3 is 0 Å². The van der Waals surface area contributed by atoms with Crippen LogP contribution in [0.2, 0.25) is 0 Å². The van der Waals surface area contributed by atoms with Crippen molar-refractivity contribution in [1.82, 2.24) is 31.4 Å². The van der Waals surface area contributed by atoms with Gasteiger partial charge in [-0.1, -0.05) is 25.7 Å². The predicted molar refractivity (Wildman–Crippen MR) is 213 cm³/mol. The molecule has 0 spiro atoms. The van der Waals surface area contributed by atoms with Crippen molar-refractivity contribution in [2.75, 3.05) is 13.3 Å². The van der Waals surface area contributed by atoms with Crippen LogP contribution in [0.3, 0.4) is 0 Å². The minimum Gasteiger partial charge on any atom is -0.294 e. The number of fused-ring (bicyclic) bond motifs is 7. The predicted octanol–water partition coefficient (Wildman–Crippen LogP) is 8.05. The maximum atomic E-state index is 5.79. The molecule has 0 amide bonds. The summed E-state index contributed by atoms with van der Waals surface area (Å²) in [6.07, 6.45) is 39.1. The summed E-state index contributed by atoms with van der Waals surface area (Å²) in [4.78, 5) is 18.3. The molecule has 11 fully saturated rings. The van der Waals surface area contributed by atoms with Gasteiger partial charge in [0, 0.05) is 48.1 Å². The first-order valence-corrected chi connectivity index (χ1v) is 24.6. The number of hydrogen-bond donors (Lipinski definition) is 4.